The van der Waals surface area contributed by atoms with E-state index in [1.54, 1.807) is 0 Å². The second-order valence-corrected chi connectivity index (χ2v) is 5.31. The van der Waals surface area contributed by atoms with E-state index in [4.69, 9.17) is 0 Å². The van der Waals surface area contributed by atoms with Gasteiger partial charge in [-0.1, -0.05) is 23.8 Å². The average molecular weight is 261 g/mol. The summed E-state index contributed by atoms with van der Waals surface area (Å²) in [6.45, 7) is 8.26. The number of carbonyl (C=O) groups excluding carboxylic acids is 1. The number of urea groups is 1. The van der Waals surface area contributed by atoms with Gasteiger partial charge in [-0.25, -0.2) is 4.79 Å². The highest BCUT2D eigenvalue weighted by molar-refractivity contribution is 5.74. The normalized spacial score (nSPS) is 15.4. The van der Waals surface area contributed by atoms with Crippen LogP contribution >= 0.6 is 0 Å². The lowest BCUT2D eigenvalue weighted by atomic mass is 10.1. The van der Waals surface area contributed by atoms with Crippen molar-refractivity contribution in [1.29, 1.82) is 0 Å². The first-order chi connectivity index (χ1) is 9.08. The van der Waals surface area contributed by atoms with Crippen LogP contribution in [0.3, 0.4) is 0 Å². The van der Waals surface area contributed by atoms with Gasteiger partial charge in [-0.3, -0.25) is 0 Å². The standard InChI is InChI=1S/C15H23N3O/c1-12-4-5-14(13(2)10-12)11-17(3)15(19)18-8-6-16-7-9-18/h4-5,10,16H,6-9,11H2,1-3H3. The summed E-state index contributed by atoms with van der Waals surface area (Å²) in [5, 5.41) is 3.26. The fraction of sp³-hybridized carbons (Fsp3) is 0.533. The van der Waals surface area contributed by atoms with E-state index in [1.165, 1.54) is 16.7 Å². The molecule has 1 aliphatic heterocycles. The fourth-order valence-electron chi connectivity index (χ4n) is 2.44. The molecule has 1 saturated heterocycles. The van der Waals surface area contributed by atoms with E-state index in [-0.39, 0.29) is 6.03 Å². The van der Waals surface area contributed by atoms with Crippen molar-refractivity contribution < 1.29 is 4.79 Å². The van der Waals surface area contributed by atoms with Crippen LogP contribution < -0.4 is 5.32 Å². The lowest BCUT2D eigenvalue weighted by Gasteiger charge is -2.31. The number of hydrogen-bond acceptors (Lipinski definition) is 2. The molecule has 0 spiro atoms. The van der Waals surface area contributed by atoms with Gasteiger partial charge in [0.2, 0.25) is 0 Å². The third-order valence-electron chi connectivity index (χ3n) is 3.62. The summed E-state index contributed by atoms with van der Waals surface area (Å²) in [5.41, 5.74) is 3.73. The third-order valence-corrected chi connectivity index (χ3v) is 3.62. The van der Waals surface area contributed by atoms with Gasteiger partial charge < -0.3 is 15.1 Å². The Hall–Kier alpha value is -1.55. The molecule has 1 N–H and O–H groups in total. The molecular weight excluding hydrogens is 238 g/mol. The van der Waals surface area contributed by atoms with Crippen LogP contribution in [0.15, 0.2) is 18.2 Å². The van der Waals surface area contributed by atoms with Crippen LogP contribution in [0.4, 0.5) is 4.79 Å². The number of aryl methyl sites for hydroxylation is 2. The van der Waals surface area contributed by atoms with Gasteiger partial charge in [0.1, 0.15) is 0 Å². The molecule has 2 amide bonds. The number of amides is 2. The van der Waals surface area contributed by atoms with Crippen LogP contribution in [0, 0.1) is 13.8 Å². The molecule has 0 aliphatic carbocycles. The molecule has 0 atom stereocenters. The molecule has 104 valence electrons. The van der Waals surface area contributed by atoms with Crippen molar-refractivity contribution in [3.05, 3.63) is 34.9 Å². The molecule has 1 aromatic rings. The Kier molecular flexibility index (Phi) is 4.43. The summed E-state index contributed by atoms with van der Waals surface area (Å²) < 4.78 is 0. The van der Waals surface area contributed by atoms with E-state index in [0.29, 0.717) is 6.54 Å². The summed E-state index contributed by atoms with van der Waals surface area (Å²) in [4.78, 5) is 16.0. The Labute approximate surface area is 115 Å². The monoisotopic (exact) mass is 261 g/mol. The van der Waals surface area contributed by atoms with Gasteiger partial charge in [0.05, 0.1) is 0 Å². The summed E-state index contributed by atoms with van der Waals surface area (Å²) in [7, 11) is 1.88. The molecule has 0 saturated carbocycles. The zero-order valence-electron chi connectivity index (χ0n) is 12.1. The van der Waals surface area contributed by atoms with Crippen LogP contribution in [0.2, 0.25) is 0 Å². The van der Waals surface area contributed by atoms with Crippen LogP contribution in [0.1, 0.15) is 16.7 Å². The zero-order chi connectivity index (χ0) is 13.8. The topological polar surface area (TPSA) is 35.6 Å². The van der Waals surface area contributed by atoms with Gasteiger partial charge in [-0.15, -0.1) is 0 Å². The smallest absolute Gasteiger partial charge is 0.320 e. The summed E-state index contributed by atoms with van der Waals surface area (Å²) in [5.74, 6) is 0. The maximum Gasteiger partial charge on any atom is 0.320 e. The van der Waals surface area contributed by atoms with Gasteiger partial charge >= 0.3 is 6.03 Å². The van der Waals surface area contributed by atoms with Crippen molar-refractivity contribution in [3.63, 3.8) is 0 Å². The predicted molar refractivity (Wildman–Crippen MR) is 77.2 cm³/mol. The Morgan fingerprint density at radius 1 is 1.32 bits per heavy atom. The van der Waals surface area contributed by atoms with E-state index in [0.717, 1.165) is 26.2 Å². The zero-order valence-corrected chi connectivity index (χ0v) is 12.1. The fourth-order valence-corrected chi connectivity index (χ4v) is 2.44. The van der Waals surface area contributed by atoms with Gasteiger partial charge in [0.25, 0.3) is 0 Å². The van der Waals surface area contributed by atoms with Crippen LogP contribution in [-0.2, 0) is 6.54 Å². The van der Waals surface area contributed by atoms with Crippen molar-refractivity contribution in [2.24, 2.45) is 0 Å². The minimum Gasteiger partial charge on any atom is -0.323 e. The second-order valence-electron chi connectivity index (χ2n) is 5.31. The molecule has 4 nitrogen and oxygen atoms in total. The van der Waals surface area contributed by atoms with E-state index < -0.39 is 0 Å². The first-order valence-corrected chi connectivity index (χ1v) is 6.85. The van der Waals surface area contributed by atoms with Gasteiger partial charge in [0, 0.05) is 39.8 Å². The van der Waals surface area contributed by atoms with E-state index in [2.05, 4.69) is 37.4 Å². The molecule has 0 radical (unpaired) electrons. The minimum absolute atomic E-state index is 0.126. The Morgan fingerprint density at radius 3 is 2.63 bits per heavy atom. The average Bonchev–Trinajstić information content (AvgIpc) is 2.42. The van der Waals surface area contributed by atoms with Crippen LogP contribution in [-0.4, -0.2) is 49.1 Å². The highest BCUT2D eigenvalue weighted by atomic mass is 16.2. The second kappa shape index (κ2) is 6.06. The number of hydrogen-bond donors (Lipinski definition) is 1. The quantitative estimate of drug-likeness (QED) is 0.880. The molecule has 0 aromatic heterocycles. The van der Waals surface area contributed by atoms with E-state index >= 15 is 0 Å². The summed E-state index contributed by atoms with van der Waals surface area (Å²) in [6.07, 6.45) is 0. The molecule has 2 rings (SSSR count). The molecule has 4 heteroatoms. The van der Waals surface area contributed by atoms with Crippen molar-refractivity contribution >= 4 is 6.03 Å². The number of carbonyl (C=O) groups is 1. The third kappa shape index (κ3) is 3.47. The van der Waals surface area contributed by atoms with Crippen molar-refractivity contribution in [2.75, 3.05) is 33.2 Å². The van der Waals surface area contributed by atoms with E-state index in [9.17, 15) is 4.79 Å². The van der Waals surface area contributed by atoms with Crippen LogP contribution in [0.5, 0.6) is 0 Å². The highest BCUT2D eigenvalue weighted by Gasteiger charge is 2.20. The molecule has 0 unspecified atom stereocenters. The summed E-state index contributed by atoms with van der Waals surface area (Å²) in [6, 6.07) is 6.51. The predicted octanol–water partition coefficient (Wildman–Crippen LogP) is 1.76. The minimum atomic E-state index is 0.126. The van der Waals surface area contributed by atoms with Gasteiger partial charge in [-0.05, 0) is 25.0 Å². The molecular formula is C15H23N3O. The van der Waals surface area contributed by atoms with Crippen molar-refractivity contribution in [2.45, 2.75) is 20.4 Å². The van der Waals surface area contributed by atoms with Crippen molar-refractivity contribution in [1.82, 2.24) is 15.1 Å². The van der Waals surface area contributed by atoms with Crippen molar-refractivity contribution in [3.8, 4) is 0 Å². The first-order valence-electron chi connectivity index (χ1n) is 6.85. The molecule has 1 fully saturated rings. The van der Waals surface area contributed by atoms with Gasteiger partial charge in [-0.2, -0.15) is 0 Å². The highest BCUT2D eigenvalue weighted by Crippen LogP contribution is 2.13. The first kappa shape index (κ1) is 13.9. The number of benzene rings is 1. The number of rotatable bonds is 2. The Bertz CT molecular complexity index is 453. The maximum atomic E-state index is 12.3. The number of nitrogens with one attached hydrogen (secondary N) is 1. The van der Waals surface area contributed by atoms with Gasteiger partial charge in [0.15, 0.2) is 0 Å². The molecule has 19 heavy (non-hydrogen) atoms. The SMILES string of the molecule is Cc1ccc(CN(C)C(=O)N2CCNCC2)c(C)c1. The molecule has 1 heterocycles. The van der Waals surface area contributed by atoms with Crippen LogP contribution in [0.25, 0.3) is 0 Å². The number of nitrogens with zero attached hydrogens (tertiary/aromatic N) is 2. The molecule has 0 bridgehead atoms. The molecule has 1 aliphatic rings. The Balaban J connectivity index is 1.99. The lowest BCUT2D eigenvalue weighted by Crippen LogP contribution is -2.50. The lowest BCUT2D eigenvalue weighted by molar-refractivity contribution is 0.154. The molecule has 1 aromatic carbocycles. The Morgan fingerprint density at radius 2 is 2.00 bits per heavy atom. The largest absolute Gasteiger partial charge is 0.323 e. The van der Waals surface area contributed by atoms with E-state index in [1.807, 2.05) is 16.8 Å². The maximum absolute atomic E-state index is 12.3. The number of piperazine rings is 1. The summed E-state index contributed by atoms with van der Waals surface area (Å²) >= 11 is 0.